The van der Waals surface area contributed by atoms with Gasteiger partial charge in [0.2, 0.25) is 0 Å². The molecule has 3 aromatic carbocycles. The molecule has 1 aliphatic heterocycles. The van der Waals surface area contributed by atoms with Crippen LogP contribution in [0.4, 0.5) is 11.4 Å². The zero-order valence-electron chi connectivity index (χ0n) is 18.7. The van der Waals surface area contributed by atoms with Crippen molar-refractivity contribution in [3.8, 4) is 5.75 Å². The Labute approximate surface area is 195 Å². The molecule has 0 saturated heterocycles. The number of sulfonamides is 2. The van der Waals surface area contributed by atoms with Gasteiger partial charge in [0.15, 0.2) is 0 Å². The first-order valence-electron chi connectivity index (χ1n) is 10.5. The largest absolute Gasteiger partial charge is 0.497 e. The first-order chi connectivity index (χ1) is 15.6. The fourth-order valence-corrected chi connectivity index (χ4v) is 6.49. The molecular weight excluding hydrogens is 460 g/mol. The van der Waals surface area contributed by atoms with Gasteiger partial charge in [-0.1, -0.05) is 12.1 Å². The number of aryl methyl sites for hydroxylation is 3. The van der Waals surface area contributed by atoms with Crippen LogP contribution in [0.3, 0.4) is 0 Å². The van der Waals surface area contributed by atoms with Crippen LogP contribution in [0, 0.1) is 13.8 Å². The van der Waals surface area contributed by atoms with Gasteiger partial charge in [0.25, 0.3) is 20.0 Å². The Bertz CT molecular complexity index is 1400. The number of rotatable bonds is 6. The van der Waals surface area contributed by atoms with Gasteiger partial charge in [-0.2, -0.15) is 0 Å². The van der Waals surface area contributed by atoms with Gasteiger partial charge in [0.05, 0.1) is 28.3 Å². The molecule has 0 aromatic heterocycles. The Balaban J connectivity index is 1.69. The Morgan fingerprint density at radius 1 is 0.848 bits per heavy atom. The summed E-state index contributed by atoms with van der Waals surface area (Å²) in [6.45, 7) is 4.09. The summed E-state index contributed by atoms with van der Waals surface area (Å²) < 4.78 is 61.7. The van der Waals surface area contributed by atoms with Crippen molar-refractivity contribution in [1.29, 1.82) is 0 Å². The van der Waals surface area contributed by atoms with Crippen LogP contribution in [0.15, 0.2) is 70.5 Å². The summed E-state index contributed by atoms with van der Waals surface area (Å²) in [6.07, 6.45) is 1.39. The molecular formula is C24H26N2O5S2. The summed E-state index contributed by atoms with van der Waals surface area (Å²) >= 11 is 0. The third-order valence-electron chi connectivity index (χ3n) is 5.85. The monoisotopic (exact) mass is 486 g/mol. The predicted molar refractivity (Wildman–Crippen MR) is 129 cm³/mol. The SMILES string of the molecule is COc1ccc(S(=O)(=O)N2CCCc3ccc(NS(=O)(=O)c4ccc(C)c(C)c4)cc32)cc1. The van der Waals surface area contributed by atoms with Crippen molar-refractivity contribution in [3.63, 3.8) is 0 Å². The molecule has 1 aliphatic rings. The highest BCUT2D eigenvalue weighted by molar-refractivity contribution is 7.93. The van der Waals surface area contributed by atoms with E-state index in [0.717, 1.165) is 16.7 Å². The molecule has 0 amide bonds. The van der Waals surface area contributed by atoms with Crippen LogP contribution in [0.25, 0.3) is 0 Å². The summed E-state index contributed by atoms with van der Waals surface area (Å²) in [5, 5.41) is 0. The molecule has 1 N–H and O–H groups in total. The first kappa shape index (κ1) is 23.1. The zero-order chi connectivity index (χ0) is 23.8. The number of fused-ring (bicyclic) bond motifs is 1. The van der Waals surface area contributed by atoms with Crippen molar-refractivity contribution >= 4 is 31.4 Å². The van der Waals surface area contributed by atoms with E-state index in [1.165, 1.54) is 23.5 Å². The van der Waals surface area contributed by atoms with Crippen molar-refractivity contribution in [2.45, 2.75) is 36.5 Å². The van der Waals surface area contributed by atoms with E-state index in [9.17, 15) is 16.8 Å². The fourth-order valence-electron chi connectivity index (χ4n) is 3.82. The Morgan fingerprint density at radius 3 is 2.21 bits per heavy atom. The minimum atomic E-state index is -3.82. The Kier molecular flexibility index (Phi) is 6.11. The number of ether oxygens (including phenoxy) is 1. The molecule has 174 valence electrons. The van der Waals surface area contributed by atoms with Crippen LogP contribution >= 0.6 is 0 Å². The number of benzene rings is 3. The van der Waals surface area contributed by atoms with Gasteiger partial charge in [0.1, 0.15) is 5.75 Å². The predicted octanol–water partition coefficient (Wildman–Crippen LogP) is 4.25. The summed E-state index contributed by atoms with van der Waals surface area (Å²) in [5.74, 6) is 0.566. The highest BCUT2D eigenvalue weighted by Gasteiger charge is 2.30. The number of nitrogens with zero attached hydrogens (tertiary/aromatic N) is 1. The molecule has 7 nitrogen and oxygen atoms in total. The van der Waals surface area contributed by atoms with Crippen LogP contribution in [0.5, 0.6) is 5.75 Å². The van der Waals surface area contributed by atoms with E-state index in [1.54, 1.807) is 48.5 Å². The van der Waals surface area contributed by atoms with Crippen LogP contribution in [0.2, 0.25) is 0 Å². The lowest BCUT2D eigenvalue weighted by Crippen LogP contribution is -2.35. The standard InChI is InChI=1S/C24H26N2O5S2/c1-17-6-11-23(15-18(17)2)32(27,28)25-20-8-7-19-5-4-14-26(24(19)16-20)33(29,30)22-12-9-21(31-3)10-13-22/h6-13,15-16,25H,4-5,14H2,1-3H3. The summed E-state index contributed by atoms with van der Waals surface area (Å²) in [4.78, 5) is 0.309. The maximum Gasteiger partial charge on any atom is 0.264 e. The van der Waals surface area contributed by atoms with E-state index in [-0.39, 0.29) is 9.79 Å². The van der Waals surface area contributed by atoms with Gasteiger partial charge in [0, 0.05) is 6.54 Å². The average molecular weight is 487 g/mol. The molecule has 33 heavy (non-hydrogen) atoms. The number of anilines is 2. The van der Waals surface area contributed by atoms with Crippen molar-refractivity contribution in [2.75, 3.05) is 22.7 Å². The van der Waals surface area contributed by atoms with Crippen LogP contribution in [-0.4, -0.2) is 30.5 Å². The zero-order valence-corrected chi connectivity index (χ0v) is 20.3. The number of methoxy groups -OCH3 is 1. The van der Waals surface area contributed by atoms with Gasteiger partial charge < -0.3 is 4.74 Å². The fraction of sp³-hybridized carbons (Fsp3) is 0.250. The molecule has 3 aromatic rings. The molecule has 0 fully saturated rings. The van der Waals surface area contributed by atoms with Gasteiger partial charge in [-0.05, 0) is 91.9 Å². The lowest BCUT2D eigenvalue weighted by molar-refractivity contribution is 0.414. The molecule has 0 spiro atoms. The average Bonchev–Trinajstić information content (AvgIpc) is 2.80. The molecule has 1 heterocycles. The number of hydrogen-bond acceptors (Lipinski definition) is 5. The minimum Gasteiger partial charge on any atom is -0.497 e. The Hall–Kier alpha value is -3.04. The molecule has 9 heteroatoms. The topological polar surface area (TPSA) is 92.8 Å². The van der Waals surface area contributed by atoms with E-state index in [1.807, 2.05) is 13.8 Å². The summed E-state index contributed by atoms with van der Waals surface area (Å²) in [6, 6.07) is 16.2. The molecule has 0 radical (unpaired) electrons. The third kappa shape index (κ3) is 4.56. The van der Waals surface area contributed by atoms with E-state index in [0.29, 0.717) is 36.5 Å². The van der Waals surface area contributed by atoms with Crippen molar-refractivity contribution in [2.24, 2.45) is 0 Å². The van der Waals surface area contributed by atoms with Crippen molar-refractivity contribution in [1.82, 2.24) is 0 Å². The minimum absolute atomic E-state index is 0.150. The third-order valence-corrected chi connectivity index (χ3v) is 9.06. The van der Waals surface area contributed by atoms with E-state index in [2.05, 4.69) is 4.72 Å². The van der Waals surface area contributed by atoms with Crippen LogP contribution in [-0.2, 0) is 26.5 Å². The highest BCUT2D eigenvalue weighted by atomic mass is 32.2. The van der Waals surface area contributed by atoms with Crippen molar-refractivity contribution in [3.05, 3.63) is 77.4 Å². The van der Waals surface area contributed by atoms with Crippen LogP contribution < -0.4 is 13.8 Å². The number of hydrogen-bond donors (Lipinski definition) is 1. The lowest BCUT2D eigenvalue weighted by Gasteiger charge is -2.31. The van der Waals surface area contributed by atoms with E-state index >= 15 is 0 Å². The summed E-state index contributed by atoms with van der Waals surface area (Å²) in [7, 11) is -6.13. The first-order valence-corrected chi connectivity index (χ1v) is 13.4. The van der Waals surface area contributed by atoms with E-state index < -0.39 is 20.0 Å². The molecule has 0 bridgehead atoms. The van der Waals surface area contributed by atoms with Gasteiger partial charge in [-0.3, -0.25) is 9.03 Å². The second-order valence-corrected chi connectivity index (χ2v) is 11.6. The molecule has 0 aliphatic carbocycles. The number of nitrogens with one attached hydrogen (secondary N) is 1. The summed E-state index contributed by atoms with van der Waals surface area (Å²) in [5.41, 5.74) is 3.52. The van der Waals surface area contributed by atoms with E-state index in [4.69, 9.17) is 4.74 Å². The van der Waals surface area contributed by atoms with Crippen molar-refractivity contribution < 1.29 is 21.6 Å². The maximum absolute atomic E-state index is 13.4. The van der Waals surface area contributed by atoms with Gasteiger partial charge >= 0.3 is 0 Å². The molecule has 0 saturated carbocycles. The highest BCUT2D eigenvalue weighted by Crippen LogP contribution is 2.35. The molecule has 0 atom stereocenters. The second-order valence-electron chi connectivity index (χ2n) is 8.05. The normalized spacial score (nSPS) is 14.0. The molecule has 0 unspecified atom stereocenters. The lowest BCUT2D eigenvalue weighted by atomic mass is 10.0. The maximum atomic E-state index is 13.4. The van der Waals surface area contributed by atoms with Crippen LogP contribution in [0.1, 0.15) is 23.1 Å². The smallest absolute Gasteiger partial charge is 0.264 e. The molecule has 4 rings (SSSR count). The quantitative estimate of drug-likeness (QED) is 0.562. The second kappa shape index (κ2) is 8.72. The van der Waals surface area contributed by atoms with Gasteiger partial charge in [-0.15, -0.1) is 0 Å². The Morgan fingerprint density at radius 2 is 1.55 bits per heavy atom. The van der Waals surface area contributed by atoms with Gasteiger partial charge in [-0.25, -0.2) is 16.8 Å².